The van der Waals surface area contributed by atoms with E-state index < -0.39 is 17.5 Å². The fourth-order valence-electron chi connectivity index (χ4n) is 3.54. The molecule has 0 saturated carbocycles. The van der Waals surface area contributed by atoms with Crippen molar-refractivity contribution in [1.82, 2.24) is 0 Å². The van der Waals surface area contributed by atoms with Gasteiger partial charge in [-0.2, -0.15) is 0 Å². The number of fused-ring (bicyclic) bond motifs is 1. The van der Waals surface area contributed by atoms with E-state index in [1.54, 1.807) is 0 Å². The number of benzene rings is 3. The van der Waals surface area contributed by atoms with Crippen molar-refractivity contribution in [3.63, 3.8) is 0 Å². The molecule has 34 heavy (non-hydrogen) atoms. The first-order valence-corrected chi connectivity index (χ1v) is 10.3. The lowest BCUT2D eigenvalue weighted by Gasteiger charge is -2.21. The first-order valence-electron chi connectivity index (χ1n) is 10.3. The Morgan fingerprint density at radius 3 is 1.97 bits per heavy atom. The molecule has 1 amide bonds. The molecule has 8 nitrogen and oxygen atoms in total. The summed E-state index contributed by atoms with van der Waals surface area (Å²) in [6.07, 6.45) is 0. The van der Waals surface area contributed by atoms with Gasteiger partial charge in [0.05, 0.1) is 32.6 Å². The predicted octanol–water partition coefficient (Wildman–Crippen LogP) is 4.11. The normalized spacial score (nSPS) is 12.0. The van der Waals surface area contributed by atoms with Crippen molar-refractivity contribution in [2.75, 3.05) is 39.9 Å². The van der Waals surface area contributed by atoms with Crippen molar-refractivity contribution in [3.05, 3.63) is 71.0 Å². The van der Waals surface area contributed by atoms with Gasteiger partial charge >= 0.3 is 0 Å². The van der Waals surface area contributed by atoms with Crippen LogP contribution in [-0.4, -0.2) is 46.2 Å². The summed E-state index contributed by atoms with van der Waals surface area (Å²) >= 11 is 0. The average Bonchev–Trinajstić information content (AvgIpc) is 2.87. The van der Waals surface area contributed by atoms with Crippen LogP contribution in [0.1, 0.15) is 26.3 Å². The average molecular weight is 467 g/mol. The zero-order valence-corrected chi connectivity index (χ0v) is 18.8. The molecule has 0 atom stereocenters. The lowest BCUT2D eigenvalue weighted by atomic mass is 10.00. The van der Waals surface area contributed by atoms with Crippen LogP contribution in [0.2, 0.25) is 0 Å². The maximum Gasteiger partial charge on any atom is 0.255 e. The summed E-state index contributed by atoms with van der Waals surface area (Å²) in [5.74, 6) is 0.308. The van der Waals surface area contributed by atoms with Crippen molar-refractivity contribution in [2.24, 2.45) is 0 Å². The number of hydrogen-bond acceptors (Lipinski definition) is 7. The van der Waals surface area contributed by atoms with Crippen LogP contribution in [-0.2, 0) is 0 Å². The molecule has 9 heteroatoms. The zero-order chi connectivity index (χ0) is 24.2. The van der Waals surface area contributed by atoms with Gasteiger partial charge in [0.25, 0.3) is 5.91 Å². The highest BCUT2D eigenvalue weighted by molar-refractivity contribution is 6.16. The van der Waals surface area contributed by atoms with Gasteiger partial charge in [-0.05, 0) is 42.5 Å². The number of ketones is 1. The fraction of sp³-hybridized carbons (Fsp3) is 0.200. The molecule has 0 bridgehead atoms. The minimum atomic E-state index is -0.524. The summed E-state index contributed by atoms with van der Waals surface area (Å²) in [6.45, 7) is 0.660. The van der Waals surface area contributed by atoms with Gasteiger partial charge in [0, 0.05) is 17.2 Å². The molecule has 0 spiro atoms. The number of halogens is 1. The van der Waals surface area contributed by atoms with Gasteiger partial charge in [-0.15, -0.1) is 0 Å². The molecule has 3 aromatic rings. The molecular weight excluding hydrogens is 445 g/mol. The van der Waals surface area contributed by atoms with E-state index in [0.29, 0.717) is 42.0 Å². The first kappa shape index (κ1) is 22.9. The van der Waals surface area contributed by atoms with Gasteiger partial charge in [-0.3, -0.25) is 9.59 Å². The first-order chi connectivity index (χ1) is 16.4. The van der Waals surface area contributed by atoms with Crippen LogP contribution in [0.15, 0.2) is 48.5 Å². The number of carbonyl (C=O) groups is 2. The third-order valence-electron chi connectivity index (χ3n) is 5.21. The lowest BCUT2D eigenvalue weighted by molar-refractivity contribution is 0.102. The Kier molecular flexibility index (Phi) is 6.53. The summed E-state index contributed by atoms with van der Waals surface area (Å²) in [4.78, 5) is 26.4. The highest BCUT2D eigenvalue weighted by atomic mass is 19.1. The number of anilines is 1. The van der Waals surface area contributed by atoms with E-state index in [0.717, 1.165) is 0 Å². The van der Waals surface area contributed by atoms with Crippen molar-refractivity contribution < 1.29 is 37.7 Å². The Labute approximate surface area is 195 Å². The standard InChI is InChI=1S/C25H22FNO7/c1-30-21-10-15(11-22(31-2)24(21)32-3)25(29)27-18-13-20-19(33-8-9-34-20)12-17(18)23(28)14-4-6-16(26)7-5-14/h4-7,10-13H,8-9H2,1-3H3,(H,27,29). The molecule has 1 aliphatic rings. The molecule has 0 saturated heterocycles. The number of hydrogen-bond donors (Lipinski definition) is 1. The van der Waals surface area contributed by atoms with Gasteiger partial charge in [0.1, 0.15) is 19.0 Å². The third-order valence-corrected chi connectivity index (χ3v) is 5.21. The molecule has 0 aliphatic carbocycles. The predicted molar refractivity (Wildman–Crippen MR) is 121 cm³/mol. The molecule has 1 aliphatic heterocycles. The Bertz CT molecular complexity index is 1220. The van der Waals surface area contributed by atoms with E-state index in [1.807, 2.05) is 0 Å². The van der Waals surface area contributed by atoms with E-state index in [2.05, 4.69) is 5.32 Å². The van der Waals surface area contributed by atoms with Gasteiger partial charge < -0.3 is 29.0 Å². The van der Waals surface area contributed by atoms with E-state index in [1.165, 1.54) is 69.9 Å². The Morgan fingerprint density at radius 1 is 0.824 bits per heavy atom. The number of nitrogens with one attached hydrogen (secondary N) is 1. The van der Waals surface area contributed by atoms with Crippen LogP contribution in [0.25, 0.3) is 0 Å². The van der Waals surface area contributed by atoms with Crippen LogP contribution >= 0.6 is 0 Å². The smallest absolute Gasteiger partial charge is 0.255 e. The number of methoxy groups -OCH3 is 3. The third kappa shape index (κ3) is 4.45. The SMILES string of the molecule is COc1cc(C(=O)Nc2cc3c(cc2C(=O)c2ccc(F)cc2)OCCO3)cc(OC)c1OC. The minimum absolute atomic E-state index is 0.164. The highest BCUT2D eigenvalue weighted by Crippen LogP contribution is 2.39. The molecule has 1 N–H and O–H groups in total. The number of carbonyl (C=O) groups excluding carboxylic acids is 2. The van der Waals surface area contributed by atoms with Gasteiger partial charge in [0.2, 0.25) is 5.75 Å². The van der Waals surface area contributed by atoms with Gasteiger partial charge in [-0.25, -0.2) is 4.39 Å². The van der Waals surface area contributed by atoms with E-state index in [4.69, 9.17) is 23.7 Å². The lowest BCUT2D eigenvalue weighted by Crippen LogP contribution is -2.19. The van der Waals surface area contributed by atoms with Gasteiger partial charge in [-0.1, -0.05) is 0 Å². The topological polar surface area (TPSA) is 92.3 Å². The van der Waals surface area contributed by atoms with E-state index >= 15 is 0 Å². The Hall–Kier alpha value is -4.27. The van der Waals surface area contributed by atoms with Crippen molar-refractivity contribution in [2.45, 2.75) is 0 Å². The van der Waals surface area contributed by atoms with Crippen LogP contribution in [0.4, 0.5) is 10.1 Å². The Morgan fingerprint density at radius 2 is 1.41 bits per heavy atom. The molecule has 0 fully saturated rings. The number of rotatable bonds is 7. The van der Waals surface area contributed by atoms with Gasteiger partial charge in [0.15, 0.2) is 28.8 Å². The number of amides is 1. The van der Waals surface area contributed by atoms with Crippen LogP contribution in [0, 0.1) is 5.82 Å². The quantitative estimate of drug-likeness (QED) is 0.523. The van der Waals surface area contributed by atoms with Crippen molar-refractivity contribution >= 4 is 17.4 Å². The van der Waals surface area contributed by atoms with Crippen molar-refractivity contribution in [1.29, 1.82) is 0 Å². The molecule has 3 aromatic carbocycles. The summed E-state index contributed by atoms with van der Waals surface area (Å²) in [5.41, 5.74) is 0.833. The molecular formula is C25H22FNO7. The molecule has 0 aromatic heterocycles. The zero-order valence-electron chi connectivity index (χ0n) is 18.8. The maximum absolute atomic E-state index is 13.4. The summed E-state index contributed by atoms with van der Waals surface area (Å²) in [7, 11) is 4.35. The van der Waals surface area contributed by atoms with Crippen LogP contribution in [0.5, 0.6) is 28.7 Å². The minimum Gasteiger partial charge on any atom is -0.493 e. The highest BCUT2D eigenvalue weighted by Gasteiger charge is 2.24. The second-order valence-electron chi connectivity index (χ2n) is 7.25. The molecule has 4 rings (SSSR count). The molecule has 176 valence electrons. The Balaban J connectivity index is 1.74. The second-order valence-corrected chi connectivity index (χ2v) is 7.25. The second kappa shape index (κ2) is 9.70. The monoisotopic (exact) mass is 467 g/mol. The van der Waals surface area contributed by atoms with E-state index in [-0.39, 0.29) is 22.4 Å². The summed E-state index contributed by atoms with van der Waals surface area (Å²) < 4.78 is 40.5. The van der Waals surface area contributed by atoms with Crippen LogP contribution < -0.4 is 29.0 Å². The number of ether oxygens (including phenoxy) is 5. The maximum atomic E-state index is 13.4. The van der Waals surface area contributed by atoms with E-state index in [9.17, 15) is 14.0 Å². The molecule has 0 radical (unpaired) electrons. The van der Waals surface area contributed by atoms with Crippen LogP contribution in [0.3, 0.4) is 0 Å². The molecule has 1 heterocycles. The fourth-order valence-corrected chi connectivity index (χ4v) is 3.54. The largest absolute Gasteiger partial charge is 0.493 e. The summed E-state index contributed by atoms with van der Waals surface area (Å²) in [5, 5.41) is 2.76. The molecule has 0 unspecified atom stereocenters. The summed E-state index contributed by atoms with van der Waals surface area (Å²) in [6, 6.07) is 11.2. The van der Waals surface area contributed by atoms with Crippen molar-refractivity contribution in [3.8, 4) is 28.7 Å².